The summed E-state index contributed by atoms with van der Waals surface area (Å²) in [6, 6.07) is 7.58. The molecule has 0 N–H and O–H groups in total. The largest absolute Gasteiger partial charge is 0.468 e. The van der Waals surface area contributed by atoms with Crippen LogP contribution >= 0.6 is 11.6 Å². The average molecular weight is 253 g/mol. The fraction of sp³-hybridized carbons (Fsp3) is 0.500. The van der Waals surface area contributed by atoms with Gasteiger partial charge in [-0.1, -0.05) is 43.0 Å². The molecule has 0 radical (unpaired) electrons. The lowest BCUT2D eigenvalue weighted by atomic mass is 9.69. The van der Waals surface area contributed by atoms with Crippen LogP contribution in [0.3, 0.4) is 0 Å². The maximum Gasteiger partial charge on any atom is 0.316 e. The number of benzene rings is 1. The third kappa shape index (κ3) is 2.32. The highest BCUT2D eigenvalue weighted by Gasteiger charge is 2.42. The Morgan fingerprint density at radius 1 is 1.18 bits per heavy atom. The zero-order valence-electron chi connectivity index (χ0n) is 10.0. The maximum absolute atomic E-state index is 12.1. The molecule has 0 heterocycles. The second kappa shape index (κ2) is 5.09. The Morgan fingerprint density at radius 2 is 1.76 bits per heavy atom. The number of halogens is 1. The summed E-state index contributed by atoms with van der Waals surface area (Å²) >= 11 is 5.89. The predicted octanol–water partition coefficient (Wildman–Crippen LogP) is 3.71. The molecule has 1 fully saturated rings. The monoisotopic (exact) mass is 252 g/mol. The van der Waals surface area contributed by atoms with E-state index in [0.717, 1.165) is 31.2 Å². The lowest BCUT2D eigenvalue weighted by Crippen LogP contribution is -2.38. The van der Waals surface area contributed by atoms with Crippen LogP contribution in [0.1, 0.15) is 37.7 Å². The molecule has 0 saturated heterocycles. The van der Waals surface area contributed by atoms with Gasteiger partial charge in [-0.15, -0.1) is 0 Å². The normalized spacial score (nSPS) is 18.7. The van der Waals surface area contributed by atoms with Gasteiger partial charge in [0.15, 0.2) is 0 Å². The molecule has 1 saturated carbocycles. The molecule has 2 nitrogen and oxygen atoms in total. The molecule has 17 heavy (non-hydrogen) atoms. The van der Waals surface area contributed by atoms with E-state index >= 15 is 0 Å². The van der Waals surface area contributed by atoms with Gasteiger partial charge in [-0.3, -0.25) is 4.79 Å². The van der Waals surface area contributed by atoms with Crippen LogP contribution in [0.2, 0.25) is 5.02 Å². The molecule has 1 aliphatic rings. The van der Waals surface area contributed by atoms with E-state index in [4.69, 9.17) is 16.3 Å². The van der Waals surface area contributed by atoms with Crippen molar-refractivity contribution < 1.29 is 9.53 Å². The van der Waals surface area contributed by atoms with Crippen molar-refractivity contribution in [3.05, 3.63) is 34.9 Å². The van der Waals surface area contributed by atoms with Crippen LogP contribution in [0.15, 0.2) is 24.3 Å². The molecule has 1 aliphatic carbocycles. The van der Waals surface area contributed by atoms with E-state index in [1.807, 2.05) is 24.3 Å². The molecule has 0 aliphatic heterocycles. The number of rotatable bonds is 2. The molecule has 1 aromatic carbocycles. The minimum atomic E-state index is -0.447. The predicted molar refractivity (Wildman–Crippen MR) is 68.2 cm³/mol. The SMILES string of the molecule is COC(=O)C1(c2ccc(Cl)cc2)CCCCC1. The van der Waals surface area contributed by atoms with Crippen molar-refractivity contribution in [1.29, 1.82) is 0 Å². The van der Waals surface area contributed by atoms with E-state index in [-0.39, 0.29) is 5.97 Å². The van der Waals surface area contributed by atoms with Crippen LogP contribution in [-0.4, -0.2) is 13.1 Å². The van der Waals surface area contributed by atoms with Crippen molar-refractivity contribution in [2.75, 3.05) is 7.11 Å². The van der Waals surface area contributed by atoms with Crippen molar-refractivity contribution in [2.24, 2.45) is 0 Å². The van der Waals surface area contributed by atoms with Gasteiger partial charge in [0.05, 0.1) is 12.5 Å². The Hall–Kier alpha value is -1.02. The van der Waals surface area contributed by atoms with Crippen LogP contribution in [0.5, 0.6) is 0 Å². The zero-order valence-corrected chi connectivity index (χ0v) is 10.8. The summed E-state index contributed by atoms with van der Waals surface area (Å²) in [5, 5.41) is 0.699. The number of esters is 1. The molecule has 0 bridgehead atoms. The van der Waals surface area contributed by atoms with Gasteiger partial charge in [0.2, 0.25) is 0 Å². The third-order valence-corrected chi connectivity index (χ3v) is 3.93. The molecular weight excluding hydrogens is 236 g/mol. The lowest BCUT2D eigenvalue weighted by molar-refractivity contribution is -0.149. The Bertz CT molecular complexity index is 391. The molecular formula is C14H17ClO2. The number of ether oxygens (including phenoxy) is 1. The number of hydrogen-bond donors (Lipinski definition) is 0. The van der Waals surface area contributed by atoms with E-state index in [1.165, 1.54) is 13.5 Å². The van der Waals surface area contributed by atoms with Crippen molar-refractivity contribution >= 4 is 17.6 Å². The molecule has 92 valence electrons. The first-order valence-electron chi connectivity index (χ1n) is 6.03. The Morgan fingerprint density at radius 3 is 2.29 bits per heavy atom. The highest BCUT2D eigenvalue weighted by atomic mass is 35.5. The summed E-state index contributed by atoms with van der Waals surface area (Å²) in [6.07, 6.45) is 5.12. The van der Waals surface area contributed by atoms with Gasteiger partial charge in [0, 0.05) is 5.02 Å². The second-order valence-corrected chi connectivity index (χ2v) is 5.08. The van der Waals surface area contributed by atoms with Crippen LogP contribution in [0, 0.1) is 0 Å². The third-order valence-electron chi connectivity index (χ3n) is 3.68. The number of hydrogen-bond acceptors (Lipinski definition) is 2. The second-order valence-electron chi connectivity index (χ2n) is 4.64. The van der Waals surface area contributed by atoms with E-state index in [1.54, 1.807) is 0 Å². The van der Waals surface area contributed by atoms with Gasteiger partial charge in [-0.2, -0.15) is 0 Å². The van der Waals surface area contributed by atoms with E-state index in [2.05, 4.69) is 0 Å². The van der Waals surface area contributed by atoms with Crippen molar-refractivity contribution in [3.63, 3.8) is 0 Å². The fourth-order valence-electron chi connectivity index (χ4n) is 2.73. The quantitative estimate of drug-likeness (QED) is 0.750. The van der Waals surface area contributed by atoms with Crippen molar-refractivity contribution in [2.45, 2.75) is 37.5 Å². The summed E-state index contributed by atoms with van der Waals surface area (Å²) < 4.78 is 5.01. The smallest absolute Gasteiger partial charge is 0.316 e. The first-order chi connectivity index (χ1) is 8.19. The van der Waals surface area contributed by atoms with Gasteiger partial charge in [-0.25, -0.2) is 0 Å². The minimum Gasteiger partial charge on any atom is -0.468 e. The Labute approximate surface area is 107 Å². The number of carbonyl (C=O) groups is 1. The van der Waals surface area contributed by atoms with E-state index in [9.17, 15) is 4.79 Å². The molecule has 3 heteroatoms. The standard InChI is InChI=1S/C14H17ClO2/c1-17-13(16)14(9-3-2-4-10-14)11-5-7-12(15)8-6-11/h5-8H,2-4,9-10H2,1H3. The fourth-order valence-corrected chi connectivity index (χ4v) is 2.86. The van der Waals surface area contributed by atoms with Crippen molar-refractivity contribution in [1.82, 2.24) is 0 Å². The maximum atomic E-state index is 12.1. The number of carbonyl (C=O) groups excluding carboxylic acids is 1. The molecule has 0 atom stereocenters. The summed E-state index contributed by atoms with van der Waals surface area (Å²) in [7, 11) is 1.47. The molecule has 0 amide bonds. The molecule has 0 aromatic heterocycles. The Balaban J connectivity index is 2.38. The highest BCUT2D eigenvalue weighted by Crippen LogP contribution is 2.40. The first-order valence-corrected chi connectivity index (χ1v) is 6.41. The summed E-state index contributed by atoms with van der Waals surface area (Å²) in [6.45, 7) is 0. The zero-order chi connectivity index (χ0) is 12.3. The summed E-state index contributed by atoms with van der Waals surface area (Å²) in [5.74, 6) is -0.112. The van der Waals surface area contributed by atoms with Gasteiger partial charge in [0.25, 0.3) is 0 Å². The highest BCUT2D eigenvalue weighted by molar-refractivity contribution is 6.30. The van der Waals surface area contributed by atoms with Crippen LogP contribution in [0.4, 0.5) is 0 Å². The van der Waals surface area contributed by atoms with Crippen molar-refractivity contribution in [3.8, 4) is 0 Å². The van der Waals surface area contributed by atoms with E-state index in [0.29, 0.717) is 5.02 Å². The molecule has 0 spiro atoms. The van der Waals surface area contributed by atoms with Gasteiger partial charge in [0.1, 0.15) is 0 Å². The average Bonchev–Trinajstić information content (AvgIpc) is 2.39. The molecule has 0 unspecified atom stereocenters. The van der Waals surface area contributed by atoms with Gasteiger partial charge in [-0.05, 0) is 30.5 Å². The number of methoxy groups -OCH3 is 1. The van der Waals surface area contributed by atoms with Gasteiger partial charge >= 0.3 is 5.97 Å². The molecule has 2 rings (SSSR count). The van der Waals surface area contributed by atoms with Crippen LogP contribution in [0.25, 0.3) is 0 Å². The lowest BCUT2D eigenvalue weighted by Gasteiger charge is -2.34. The molecule has 1 aromatic rings. The summed E-state index contributed by atoms with van der Waals surface area (Å²) in [5.41, 5.74) is 0.589. The summed E-state index contributed by atoms with van der Waals surface area (Å²) in [4.78, 5) is 12.1. The Kier molecular flexibility index (Phi) is 3.72. The van der Waals surface area contributed by atoms with Gasteiger partial charge < -0.3 is 4.74 Å². The van der Waals surface area contributed by atoms with E-state index < -0.39 is 5.41 Å². The minimum absolute atomic E-state index is 0.112. The van der Waals surface area contributed by atoms with Crippen LogP contribution < -0.4 is 0 Å². The topological polar surface area (TPSA) is 26.3 Å². The first kappa shape index (κ1) is 12.4. The van der Waals surface area contributed by atoms with Crippen LogP contribution in [-0.2, 0) is 14.9 Å².